The van der Waals surface area contributed by atoms with Gasteiger partial charge in [-0.05, 0) is 36.6 Å². The molecule has 0 aromatic heterocycles. The van der Waals surface area contributed by atoms with Crippen LogP contribution in [0.25, 0.3) is 0 Å². The number of hydrogen-bond acceptors (Lipinski definition) is 3. The summed E-state index contributed by atoms with van der Waals surface area (Å²) in [4.78, 5) is 2.23. The molecule has 4 heteroatoms. The van der Waals surface area contributed by atoms with Crippen LogP contribution in [0.5, 0.6) is 0 Å². The number of rotatable bonds is 5. The van der Waals surface area contributed by atoms with Crippen LogP contribution in [0.15, 0.2) is 18.2 Å². The normalized spacial score (nSPS) is 21.9. The van der Waals surface area contributed by atoms with Gasteiger partial charge in [0.15, 0.2) is 0 Å². The van der Waals surface area contributed by atoms with Gasteiger partial charge in [-0.1, -0.05) is 19.4 Å². The third kappa shape index (κ3) is 4.01. The highest BCUT2D eigenvalue weighted by Crippen LogP contribution is 2.21. The van der Waals surface area contributed by atoms with E-state index in [0.717, 1.165) is 43.7 Å². The van der Waals surface area contributed by atoms with Gasteiger partial charge in [-0.15, -0.1) is 0 Å². The summed E-state index contributed by atoms with van der Waals surface area (Å²) >= 11 is 0. The Hall–Kier alpha value is -0.970. The highest BCUT2D eigenvalue weighted by atomic mass is 19.1. The van der Waals surface area contributed by atoms with Crippen LogP contribution in [-0.4, -0.2) is 42.4 Å². The summed E-state index contributed by atoms with van der Waals surface area (Å²) in [7, 11) is 0. The fourth-order valence-corrected chi connectivity index (χ4v) is 2.80. The maximum atomic E-state index is 13.1. The molecule has 1 fully saturated rings. The fraction of sp³-hybridized carbons (Fsp3) is 0.625. The summed E-state index contributed by atoms with van der Waals surface area (Å²) in [5.41, 5.74) is 1.61. The van der Waals surface area contributed by atoms with Crippen LogP contribution in [0.1, 0.15) is 37.0 Å². The lowest BCUT2D eigenvalue weighted by Gasteiger charge is -2.34. The molecular weight excluding hydrogens is 257 g/mol. The molecule has 20 heavy (non-hydrogen) atoms. The van der Waals surface area contributed by atoms with Gasteiger partial charge >= 0.3 is 0 Å². The Morgan fingerprint density at radius 1 is 1.50 bits per heavy atom. The van der Waals surface area contributed by atoms with Crippen LogP contribution < -0.4 is 0 Å². The van der Waals surface area contributed by atoms with Crippen LogP contribution >= 0.6 is 0 Å². The zero-order chi connectivity index (χ0) is 14.5. The molecule has 2 atom stereocenters. The van der Waals surface area contributed by atoms with Crippen molar-refractivity contribution in [1.29, 1.82) is 0 Å². The third-order valence-electron chi connectivity index (χ3n) is 3.86. The maximum absolute atomic E-state index is 13.1. The predicted molar refractivity (Wildman–Crippen MR) is 77.2 cm³/mol. The van der Waals surface area contributed by atoms with Crippen LogP contribution in [0.4, 0.5) is 4.39 Å². The Morgan fingerprint density at radius 3 is 3.00 bits per heavy atom. The van der Waals surface area contributed by atoms with Crippen molar-refractivity contribution in [2.45, 2.75) is 38.9 Å². The van der Waals surface area contributed by atoms with Crippen LogP contribution in [0.3, 0.4) is 0 Å². The van der Waals surface area contributed by atoms with Crippen molar-refractivity contribution in [2.24, 2.45) is 0 Å². The number of nitrogens with zero attached hydrogens (tertiary/aromatic N) is 1. The van der Waals surface area contributed by atoms with Gasteiger partial charge in [0, 0.05) is 19.6 Å². The molecule has 0 amide bonds. The molecule has 1 aliphatic rings. The van der Waals surface area contributed by atoms with E-state index in [0.29, 0.717) is 6.54 Å². The Bertz CT molecular complexity index is 436. The average molecular weight is 281 g/mol. The number of aliphatic hydroxyl groups is 1. The molecule has 0 aliphatic carbocycles. The molecular formula is C16H24FNO2. The molecule has 2 unspecified atom stereocenters. The Morgan fingerprint density at radius 2 is 2.30 bits per heavy atom. The van der Waals surface area contributed by atoms with Crippen molar-refractivity contribution in [3.63, 3.8) is 0 Å². The molecule has 2 rings (SSSR count). The molecule has 112 valence electrons. The van der Waals surface area contributed by atoms with E-state index in [4.69, 9.17) is 4.74 Å². The smallest absolute Gasteiger partial charge is 0.123 e. The molecule has 1 aromatic rings. The molecule has 1 N–H and O–H groups in total. The molecule has 0 spiro atoms. The summed E-state index contributed by atoms with van der Waals surface area (Å²) < 4.78 is 18.8. The van der Waals surface area contributed by atoms with Crippen molar-refractivity contribution < 1.29 is 14.2 Å². The molecule has 3 nitrogen and oxygen atoms in total. The highest BCUT2D eigenvalue weighted by Gasteiger charge is 2.22. The Labute approximate surface area is 120 Å². The molecule has 0 radical (unpaired) electrons. The standard InChI is InChI=1S/C16H24FNO2/c1-3-4-14-10-18(7-8-20-14)11-16(19)15-6-5-13(17)9-12(15)2/h5-6,9,14,16,19H,3-4,7-8,10-11H2,1-2H3. The van der Waals surface area contributed by atoms with Gasteiger partial charge in [0.2, 0.25) is 0 Å². The summed E-state index contributed by atoms with van der Waals surface area (Å²) in [6.07, 6.45) is 1.87. The zero-order valence-electron chi connectivity index (χ0n) is 12.3. The van der Waals surface area contributed by atoms with Crippen LogP contribution in [-0.2, 0) is 4.74 Å². The van der Waals surface area contributed by atoms with Gasteiger partial charge in [-0.2, -0.15) is 0 Å². The van der Waals surface area contributed by atoms with E-state index in [-0.39, 0.29) is 11.9 Å². The summed E-state index contributed by atoms with van der Waals surface area (Å²) in [5.74, 6) is -0.257. The van der Waals surface area contributed by atoms with Crippen molar-refractivity contribution in [3.05, 3.63) is 35.1 Å². The largest absolute Gasteiger partial charge is 0.387 e. The van der Waals surface area contributed by atoms with E-state index >= 15 is 0 Å². The molecule has 0 saturated carbocycles. The van der Waals surface area contributed by atoms with Gasteiger partial charge in [0.25, 0.3) is 0 Å². The lowest BCUT2D eigenvalue weighted by atomic mass is 10.0. The van der Waals surface area contributed by atoms with Gasteiger partial charge < -0.3 is 9.84 Å². The summed E-state index contributed by atoms with van der Waals surface area (Å²) in [5, 5.41) is 10.4. The second-order valence-electron chi connectivity index (χ2n) is 5.56. The first-order valence-electron chi connectivity index (χ1n) is 7.38. The maximum Gasteiger partial charge on any atom is 0.123 e. The predicted octanol–water partition coefficient (Wildman–Crippen LogP) is 2.67. The number of benzene rings is 1. The Balaban J connectivity index is 1.95. The number of aryl methyl sites for hydroxylation is 1. The molecule has 1 saturated heterocycles. The lowest BCUT2D eigenvalue weighted by Crippen LogP contribution is -2.44. The van der Waals surface area contributed by atoms with E-state index in [2.05, 4.69) is 11.8 Å². The molecule has 0 bridgehead atoms. The number of ether oxygens (including phenoxy) is 1. The first-order chi connectivity index (χ1) is 9.60. The highest BCUT2D eigenvalue weighted by molar-refractivity contribution is 5.28. The fourth-order valence-electron chi connectivity index (χ4n) is 2.80. The number of β-amino-alcohol motifs (C(OH)–C–C–N with tert-alkyl or cyclic N) is 1. The van der Waals surface area contributed by atoms with E-state index in [1.165, 1.54) is 12.1 Å². The number of morpholine rings is 1. The van der Waals surface area contributed by atoms with Crippen molar-refractivity contribution in [2.75, 3.05) is 26.2 Å². The summed E-state index contributed by atoms with van der Waals surface area (Å²) in [6, 6.07) is 4.56. The van der Waals surface area contributed by atoms with Crippen LogP contribution in [0, 0.1) is 12.7 Å². The quantitative estimate of drug-likeness (QED) is 0.900. The average Bonchev–Trinajstić information content (AvgIpc) is 2.39. The van der Waals surface area contributed by atoms with Crippen molar-refractivity contribution in [1.82, 2.24) is 4.90 Å². The monoisotopic (exact) mass is 281 g/mol. The van der Waals surface area contributed by atoms with E-state index in [9.17, 15) is 9.50 Å². The van der Waals surface area contributed by atoms with E-state index in [1.54, 1.807) is 6.07 Å². The van der Waals surface area contributed by atoms with Gasteiger partial charge in [-0.3, -0.25) is 4.90 Å². The lowest BCUT2D eigenvalue weighted by molar-refractivity contribution is -0.0440. The minimum atomic E-state index is -0.573. The van der Waals surface area contributed by atoms with Gasteiger partial charge in [0.1, 0.15) is 5.82 Å². The minimum absolute atomic E-state index is 0.257. The third-order valence-corrected chi connectivity index (χ3v) is 3.86. The van der Waals surface area contributed by atoms with E-state index < -0.39 is 6.10 Å². The zero-order valence-corrected chi connectivity index (χ0v) is 12.3. The molecule has 1 aliphatic heterocycles. The van der Waals surface area contributed by atoms with Crippen molar-refractivity contribution >= 4 is 0 Å². The van der Waals surface area contributed by atoms with Gasteiger partial charge in [-0.25, -0.2) is 4.39 Å². The van der Waals surface area contributed by atoms with Crippen LogP contribution in [0.2, 0.25) is 0 Å². The first kappa shape index (κ1) is 15.4. The SMILES string of the molecule is CCCC1CN(CC(O)c2ccc(F)cc2C)CCO1. The summed E-state index contributed by atoms with van der Waals surface area (Å²) in [6.45, 7) is 7.00. The van der Waals surface area contributed by atoms with E-state index in [1.807, 2.05) is 6.92 Å². The van der Waals surface area contributed by atoms with Gasteiger partial charge in [0.05, 0.1) is 18.8 Å². The Kier molecular flexibility index (Phi) is 5.52. The molecule has 1 heterocycles. The van der Waals surface area contributed by atoms with Crippen molar-refractivity contribution in [3.8, 4) is 0 Å². The molecule has 1 aromatic carbocycles. The second kappa shape index (κ2) is 7.16. The topological polar surface area (TPSA) is 32.7 Å². The first-order valence-corrected chi connectivity index (χ1v) is 7.38. The second-order valence-corrected chi connectivity index (χ2v) is 5.56. The number of halogens is 1. The minimum Gasteiger partial charge on any atom is -0.387 e. The number of aliphatic hydroxyl groups excluding tert-OH is 1. The number of hydrogen-bond donors (Lipinski definition) is 1.